The van der Waals surface area contributed by atoms with Crippen LogP contribution in [0.4, 0.5) is 0 Å². The van der Waals surface area contributed by atoms with Crippen molar-refractivity contribution in [2.24, 2.45) is 0 Å². The molecule has 1 aliphatic rings. The second-order valence-corrected chi connectivity index (χ2v) is 11.4. The molecule has 0 atom stereocenters. The van der Waals surface area contributed by atoms with Crippen LogP contribution in [-0.2, 0) is 0 Å². The van der Waals surface area contributed by atoms with Crippen LogP contribution in [0.5, 0.6) is 0 Å². The van der Waals surface area contributed by atoms with Crippen molar-refractivity contribution >= 4 is 0 Å². The summed E-state index contributed by atoms with van der Waals surface area (Å²) in [5, 5.41) is 4.56. The van der Waals surface area contributed by atoms with Gasteiger partial charge in [-0.3, -0.25) is 5.32 Å². The van der Waals surface area contributed by atoms with Crippen LogP contribution in [0.1, 0.15) is 181 Å². The van der Waals surface area contributed by atoms with Gasteiger partial charge in [-0.1, -0.05) is 173 Å². The summed E-state index contributed by atoms with van der Waals surface area (Å²) in [5.41, 5.74) is 2.43. The Labute approximate surface area is 233 Å². The molecule has 1 heterocycles. The van der Waals surface area contributed by atoms with Crippen molar-refractivity contribution in [2.75, 3.05) is 0 Å². The molecule has 1 heteroatoms. The molecule has 0 saturated carbocycles. The van der Waals surface area contributed by atoms with Gasteiger partial charge in [0, 0.05) is 11.8 Å². The first-order valence-corrected chi connectivity index (χ1v) is 16.8. The van der Waals surface area contributed by atoms with Gasteiger partial charge in [-0.05, 0) is 37.8 Å². The molecule has 0 saturated heterocycles. The molecule has 0 N–H and O–H groups in total. The average Bonchev–Trinajstić information content (AvgIpc) is 3.36. The number of allylic oxidation sites excluding steroid dienone is 6. The second kappa shape index (κ2) is 27.8. The first-order chi connectivity index (χ1) is 18.4. The lowest BCUT2D eigenvalue weighted by Crippen LogP contribution is -1.89. The topological polar surface area (TPSA) is 14.1 Å². The Balaban J connectivity index is 1.95. The molecule has 0 aromatic heterocycles. The van der Waals surface area contributed by atoms with Gasteiger partial charge in [0.1, 0.15) is 0 Å². The predicted molar refractivity (Wildman–Crippen MR) is 168 cm³/mol. The zero-order valence-electron chi connectivity index (χ0n) is 25.3. The lowest BCUT2D eigenvalue weighted by molar-refractivity contribution is 0.545. The third-order valence-corrected chi connectivity index (χ3v) is 7.79. The fourth-order valence-corrected chi connectivity index (χ4v) is 5.25. The maximum atomic E-state index is 4.56. The van der Waals surface area contributed by atoms with E-state index in [0.29, 0.717) is 0 Å². The van der Waals surface area contributed by atoms with Crippen molar-refractivity contribution in [3.05, 3.63) is 47.9 Å². The van der Waals surface area contributed by atoms with E-state index in [-0.39, 0.29) is 0 Å². The average molecular weight is 511 g/mol. The van der Waals surface area contributed by atoms with E-state index in [2.05, 4.69) is 49.5 Å². The number of hydrogen-bond donors (Lipinski definition) is 0. The molecule has 0 aliphatic carbocycles. The van der Waals surface area contributed by atoms with Gasteiger partial charge in [0.15, 0.2) is 0 Å². The van der Waals surface area contributed by atoms with Crippen molar-refractivity contribution < 1.29 is 0 Å². The summed E-state index contributed by atoms with van der Waals surface area (Å²) in [6.07, 6.45) is 49.8. The van der Waals surface area contributed by atoms with Crippen LogP contribution in [0.3, 0.4) is 0 Å². The zero-order chi connectivity index (χ0) is 26.5. The van der Waals surface area contributed by atoms with Crippen molar-refractivity contribution in [1.82, 2.24) is 5.32 Å². The monoisotopic (exact) mass is 511 g/mol. The number of hydrogen-bond acceptors (Lipinski definition) is 0. The molecule has 0 amide bonds. The van der Waals surface area contributed by atoms with Crippen LogP contribution in [0.2, 0.25) is 0 Å². The molecule has 213 valence electrons. The number of unbranched alkanes of at least 4 members (excludes halogenated alkanes) is 24. The third kappa shape index (κ3) is 22.5. The van der Waals surface area contributed by atoms with Crippen molar-refractivity contribution in [1.29, 1.82) is 0 Å². The minimum absolute atomic E-state index is 1.14. The smallest absolute Gasteiger partial charge is 0.0699 e. The van der Waals surface area contributed by atoms with E-state index in [4.69, 9.17) is 0 Å². The van der Waals surface area contributed by atoms with Crippen LogP contribution in [-0.4, -0.2) is 0 Å². The second-order valence-electron chi connectivity index (χ2n) is 11.4. The zero-order valence-corrected chi connectivity index (χ0v) is 25.3. The van der Waals surface area contributed by atoms with E-state index in [9.17, 15) is 0 Å². The summed E-state index contributed by atoms with van der Waals surface area (Å²) in [5.74, 6) is 0. The van der Waals surface area contributed by atoms with Crippen LogP contribution in [0.25, 0.3) is 0 Å². The molecule has 0 fully saturated rings. The highest BCUT2D eigenvalue weighted by Gasteiger charge is 2.04. The highest BCUT2D eigenvalue weighted by molar-refractivity contribution is 5.44. The van der Waals surface area contributed by atoms with E-state index in [1.165, 1.54) is 173 Å². The molecule has 1 nitrogen and oxygen atoms in total. The fourth-order valence-electron chi connectivity index (χ4n) is 5.25. The molecule has 0 bridgehead atoms. The van der Waals surface area contributed by atoms with Crippen LogP contribution >= 0.6 is 0 Å². The van der Waals surface area contributed by atoms with Gasteiger partial charge in [-0.25, -0.2) is 0 Å². The normalized spacial score (nSPS) is 13.6. The minimum Gasteiger partial charge on any atom is -0.256 e. The lowest BCUT2D eigenvalue weighted by atomic mass is 10.0. The summed E-state index contributed by atoms with van der Waals surface area (Å²) >= 11 is 0. The molecule has 37 heavy (non-hydrogen) atoms. The summed E-state index contributed by atoms with van der Waals surface area (Å²) in [4.78, 5) is 0. The van der Waals surface area contributed by atoms with Crippen molar-refractivity contribution in [3.8, 4) is 0 Å². The molecular weight excluding hydrogens is 446 g/mol. The summed E-state index contributed by atoms with van der Waals surface area (Å²) < 4.78 is 0. The quantitative estimate of drug-likeness (QED) is 0.0929. The minimum atomic E-state index is 1.14. The molecule has 1 aliphatic heterocycles. The van der Waals surface area contributed by atoms with Crippen LogP contribution < -0.4 is 5.32 Å². The largest absolute Gasteiger partial charge is 0.256 e. The summed E-state index contributed by atoms with van der Waals surface area (Å²) in [6.45, 7) is 4.59. The maximum absolute atomic E-state index is 4.56. The van der Waals surface area contributed by atoms with Crippen LogP contribution in [0, 0.1) is 0 Å². The molecular formula is C36H64N. The fraction of sp³-hybridized carbons (Fsp3) is 0.778. The highest BCUT2D eigenvalue weighted by atomic mass is 14.9. The van der Waals surface area contributed by atoms with E-state index >= 15 is 0 Å². The molecule has 1 radical (unpaired) electrons. The summed E-state index contributed by atoms with van der Waals surface area (Å²) in [7, 11) is 0. The van der Waals surface area contributed by atoms with E-state index in [1.807, 2.05) is 6.20 Å². The lowest BCUT2D eigenvalue weighted by Gasteiger charge is -2.02. The van der Waals surface area contributed by atoms with Gasteiger partial charge < -0.3 is 0 Å². The van der Waals surface area contributed by atoms with Gasteiger partial charge >= 0.3 is 0 Å². The van der Waals surface area contributed by atoms with E-state index < -0.39 is 0 Å². The van der Waals surface area contributed by atoms with E-state index in [1.54, 1.807) is 0 Å². The van der Waals surface area contributed by atoms with Crippen molar-refractivity contribution in [3.63, 3.8) is 0 Å². The van der Waals surface area contributed by atoms with Crippen LogP contribution in [0.15, 0.2) is 47.9 Å². The van der Waals surface area contributed by atoms with E-state index in [0.717, 1.165) is 5.70 Å². The number of nitrogens with zero attached hydrogens (tertiary/aromatic N) is 1. The molecule has 0 unspecified atom stereocenters. The van der Waals surface area contributed by atoms with Gasteiger partial charge in [0.2, 0.25) is 0 Å². The Bertz CT molecular complexity index is 594. The predicted octanol–water partition coefficient (Wildman–Crippen LogP) is 12.7. The van der Waals surface area contributed by atoms with Gasteiger partial charge in [0.25, 0.3) is 0 Å². The Morgan fingerprint density at radius 1 is 0.459 bits per heavy atom. The Morgan fingerprint density at radius 3 is 1.22 bits per heavy atom. The molecule has 0 spiro atoms. The molecule has 0 aromatic rings. The standard InChI is InChI=1S/C36H64N/c1-3-5-7-9-11-13-15-17-19-21-23-25-27-29-31-35-33-34-37-36(35)32-30-28-26-24-22-20-18-16-14-12-10-8-6-4-2/h29-34H,3-28H2,1-2H3. The van der Waals surface area contributed by atoms with Crippen molar-refractivity contribution in [2.45, 2.75) is 181 Å². The van der Waals surface area contributed by atoms with Gasteiger partial charge in [-0.15, -0.1) is 0 Å². The Kier molecular flexibility index (Phi) is 25.4. The maximum Gasteiger partial charge on any atom is 0.0699 e. The van der Waals surface area contributed by atoms with Gasteiger partial charge in [0.05, 0.1) is 5.70 Å². The molecule has 1 rings (SSSR count). The van der Waals surface area contributed by atoms with Gasteiger partial charge in [-0.2, -0.15) is 0 Å². The SMILES string of the molecule is CCCCCCCCCCCCCCC=CC1=C(C=CCCCCCCCCCCCCCC)[N]C=C1. The molecule has 0 aromatic carbocycles. The first-order valence-electron chi connectivity index (χ1n) is 16.8. The highest BCUT2D eigenvalue weighted by Crippen LogP contribution is 2.17. The third-order valence-electron chi connectivity index (χ3n) is 7.79. The first kappa shape index (κ1) is 33.8. The summed E-state index contributed by atoms with van der Waals surface area (Å²) in [6, 6.07) is 0. The number of rotatable bonds is 28. The Hall–Kier alpha value is -1.24. The Morgan fingerprint density at radius 2 is 0.811 bits per heavy atom.